The lowest BCUT2D eigenvalue weighted by Crippen LogP contribution is -2.19. The van der Waals surface area contributed by atoms with E-state index in [4.69, 9.17) is 0 Å². The van der Waals surface area contributed by atoms with Gasteiger partial charge in [-0.05, 0) is 46.1 Å². The van der Waals surface area contributed by atoms with Crippen molar-refractivity contribution in [2.24, 2.45) is 0 Å². The topological polar surface area (TPSA) is 37.3 Å². The number of hydrogen-bond donors (Lipinski definition) is 1. The Kier molecular flexibility index (Phi) is 9.73. The molecule has 0 saturated carbocycles. The molecule has 0 aliphatic heterocycles. The lowest BCUT2D eigenvalue weighted by Gasteiger charge is -2.15. The van der Waals surface area contributed by atoms with Crippen LogP contribution in [0, 0.1) is 0 Å². The van der Waals surface area contributed by atoms with Gasteiger partial charge < -0.3 is 5.11 Å². The second-order valence-corrected chi connectivity index (χ2v) is 5.10. The maximum atomic E-state index is 11.5. The molecule has 0 aromatic heterocycles. The van der Waals surface area contributed by atoms with Gasteiger partial charge in [0.1, 0.15) is 0 Å². The number of carbonyl (C=O) groups excluding carboxylic acids is 1. The van der Waals surface area contributed by atoms with E-state index in [1.165, 1.54) is 0 Å². The summed E-state index contributed by atoms with van der Waals surface area (Å²) in [5.41, 5.74) is -0.758. The maximum Gasteiger partial charge on any atom is 0.155 e. The Labute approximate surface area is 117 Å². The first-order valence-electron chi connectivity index (χ1n) is 6.82. The zero-order chi connectivity index (χ0) is 14.6. The number of ketones is 1. The summed E-state index contributed by atoms with van der Waals surface area (Å²) in [4.78, 5) is 11.5. The first-order valence-corrected chi connectivity index (χ1v) is 6.82. The minimum Gasteiger partial charge on any atom is -0.390 e. The minimum atomic E-state index is -0.758. The van der Waals surface area contributed by atoms with Crippen LogP contribution in [0.5, 0.6) is 0 Å². The van der Waals surface area contributed by atoms with Gasteiger partial charge >= 0.3 is 0 Å². The molecule has 1 N–H and O–H groups in total. The summed E-state index contributed by atoms with van der Waals surface area (Å²) in [6, 6.07) is 0. The fourth-order valence-corrected chi connectivity index (χ4v) is 1.33. The highest BCUT2D eigenvalue weighted by molar-refractivity contribution is 5.89. The zero-order valence-electron chi connectivity index (χ0n) is 12.3. The van der Waals surface area contributed by atoms with Crippen molar-refractivity contribution < 1.29 is 9.90 Å². The van der Waals surface area contributed by atoms with E-state index in [2.05, 4.69) is 6.08 Å². The van der Waals surface area contributed by atoms with Gasteiger partial charge in [0.2, 0.25) is 0 Å². The van der Waals surface area contributed by atoms with Gasteiger partial charge in [-0.3, -0.25) is 4.79 Å². The number of carbonyl (C=O) groups is 1. The van der Waals surface area contributed by atoms with E-state index in [1.807, 2.05) is 43.4 Å². The van der Waals surface area contributed by atoms with Gasteiger partial charge in [-0.2, -0.15) is 0 Å². The molecule has 2 nitrogen and oxygen atoms in total. The molecule has 2 heteroatoms. The van der Waals surface area contributed by atoms with Gasteiger partial charge in [-0.25, -0.2) is 0 Å². The number of allylic oxidation sites excluding steroid dienone is 8. The Morgan fingerprint density at radius 2 is 1.68 bits per heavy atom. The number of rotatable bonds is 9. The third-order valence-corrected chi connectivity index (χ3v) is 2.45. The van der Waals surface area contributed by atoms with Crippen LogP contribution in [-0.2, 0) is 4.79 Å². The second-order valence-electron chi connectivity index (χ2n) is 5.10. The van der Waals surface area contributed by atoms with Crippen LogP contribution in [0.1, 0.15) is 46.5 Å². The molecule has 0 aliphatic carbocycles. The SMILES string of the molecule is C/C=C/C=C/C=C/CC/C=C/C(=O)CCC(C)(C)O. The molecule has 0 aromatic carbocycles. The van der Waals surface area contributed by atoms with Crippen molar-refractivity contribution in [3.63, 3.8) is 0 Å². The summed E-state index contributed by atoms with van der Waals surface area (Å²) >= 11 is 0. The maximum absolute atomic E-state index is 11.5. The van der Waals surface area contributed by atoms with Crippen molar-refractivity contribution in [3.8, 4) is 0 Å². The average Bonchev–Trinajstić information content (AvgIpc) is 2.33. The fraction of sp³-hybridized carbons (Fsp3) is 0.471. The minimum absolute atomic E-state index is 0.0825. The molecule has 0 aromatic rings. The van der Waals surface area contributed by atoms with Crippen molar-refractivity contribution in [1.29, 1.82) is 0 Å². The molecule has 0 radical (unpaired) electrons. The molecule has 0 atom stereocenters. The molecular weight excluding hydrogens is 236 g/mol. The molecule has 106 valence electrons. The molecule has 0 aliphatic rings. The number of unbranched alkanes of at least 4 members (excludes halogenated alkanes) is 1. The van der Waals surface area contributed by atoms with Gasteiger partial charge in [0.25, 0.3) is 0 Å². The zero-order valence-corrected chi connectivity index (χ0v) is 12.3. The van der Waals surface area contributed by atoms with Gasteiger partial charge in [-0.1, -0.05) is 42.5 Å². The van der Waals surface area contributed by atoms with Gasteiger partial charge in [0.15, 0.2) is 5.78 Å². The predicted octanol–water partition coefficient (Wildman–Crippen LogP) is 4.13. The Morgan fingerprint density at radius 1 is 1.05 bits per heavy atom. The van der Waals surface area contributed by atoms with Crippen LogP contribution in [0.3, 0.4) is 0 Å². The largest absolute Gasteiger partial charge is 0.390 e. The summed E-state index contributed by atoms with van der Waals surface area (Å²) < 4.78 is 0. The first kappa shape index (κ1) is 17.6. The summed E-state index contributed by atoms with van der Waals surface area (Å²) in [7, 11) is 0. The average molecular weight is 262 g/mol. The third kappa shape index (κ3) is 14.5. The van der Waals surface area contributed by atoms with Gasteiger partial charge in [0, 0.05) is 6.42 Å². The molecule has 0 amide bonds. The smallest absolute Gasteiger partial charge is 0.155 e. The Bertz CT molecular complexity index is 352. The van der Waals surface area contributed by atoms with Crippen molar-refractivity contribution in [1.82, 2.24) is 0 Å². The number of hydrogen-bond acceptors (Lipinski definition) is 2. The van der Waals surface area contributed by atoms with E-state index < -0.39 is 5.60 Å². The standard InChI is InChI=1S/C17H26O2/c1-4-5-6-7-8-9-10-11-12-13-16(18)14-15-17(2,3)19/h4-9,12-13,19H,10-11,14-15H2,1-3H3/b5-4+,7-6+,9-8+,13-12+. The van der Waals surface area contributed by atoms with E-state index in [9.17, 15) is 9.90 Å². The summed E-state index contributed by atoms with van der Waals surface area (Å²) in [6.45, 7) is 5.42. The molecule has 0 heterocycles. The summed E-state index contributed by atoms with van der Waals surface area (Å²) in [6.07, 6.45) is 18.2. The normalized spacial score (nSPS) is 13.5. The highest BCUT2D eigenvalue weighted by Gasteiger charge is 2.13. The monoisotopic (exact) mass is 262 g/mol. The molecule has 0 saturated heterocycles. The van der Waals surface area contributed by atoms with Crippen LogP contribution in [0.4, 0.5) is 0 Å². The lowest BCUT2D eigenvalue weighted by atomic mass is 10.0. The van der Waals surface area contributed by atoms with E-state index in [-0.39, 0.29) is 5.78 Å². The second kappa shape index (κ2) is 10.5. The van der Waals surface area contributed by atoms with Crippen LogP contribution >= 0.6 is 0 Å². The Balaban J connectivity index is 3.71. The predicted molar refractivity (Wildman–Crippen MR) is 82.0 cm³/mol. The van der Waals surface area contributed by atoms with E-state index >= 15 is 0 Å². The van der Waals surface area contributed by atoms with E-state index in [0.717, 1.165) is 12.8 Å². The third-order valence-electron chi connectivity index (χ3n) is 2.45. The highest BCUT2D eigenvalue weighted by atomic mass is 16.3. The van der Waals surface area contributed by atoms with Crippen molar-refractivity contribution in [2.45, 2.75) is 52.1 Å². The fourth-order valence-electron chi connectivity index (χ4n) is 1.33. The van der Waals surface area contributed by atoms with Crippen molar-refractivity contribution >= 4 is 5.78 Å². The van der Waals surface area contributed by atoms with Crippen LogP contribution < -0.4 is 0 Å². The Morgan fingerprint density at radius 3 is 2.32 bits per heavy atom. The summed E-state index contributed by atoms with van der Waals surface area (Å²) in [5, 5.41) is 9.50. The van der Waals surface area contributed by atoms with Crippen LogP contribution in [0.25, 0.3) is 0 Å². The Hall–Kier alpha value is -1.41. The highest BCUT2D eigenvalue weighted by Crippen LogP contribution is 2.10. The molecule has 0 rings (SSSR count). The summed E-state index contributed by atoms with van der Waals surface area (Å²) in [5.74, 6) is 0.0825. The van der Waals surface area contributed by atoms with Crippen LogP contribution in [0.15, 0.2) is 48.6 Å². The van der Waals surface area contributed by atoms with E-state index in [1.54, 1.807) is 19.9 Å². The van der Waals surface area contributed by atoms with Crippen LogP contribution in [0.2, 0.25) is 0 Å². The molecule has 0 bridgehead atoms. The van der Waals surface area contributed by atoms with Gasteiger partial charge in [-0.15, -0.1) is 0 Å². The molecular formula is C17H26O2. The lowest BCUT2D eigenvalue weighted by molar-refractivity contribution is -0.115. The molecule has 0 fully saturated rings. The van der Waals surface area contributed by atoms with Crippen LogP contribution in [-0.4, -0.2) is 16.5 Å². The van der Waals surface area contributed by atoms with Crippen molar-refractivity contribution in [2.75, 3.05) is 0 Å². The molecule has 0 spiro atoms. The molecule has 0 unspecified atom stereocenters. The molecule has 19 heavy (non-hydrogen) atoms. The number of aliphatic hydroxyl groups is 1. The van der Waals surface area contributed by atoms with Crippen molar-refractivity contribution in [3.05, 3.63) is 48.6 Å². The first-order chi connectivity index (χ1) is 8.95. The van der Waals surface area contributed by atoms with Gasteiger partial charge in [0.05, 0.1) is 5.60 Å². The van der Waals surface area contributed by atoms with E-state index in [0.29, 0.717) is 12.8 Å². The quantitative estimate of drug-likeness (QED) is 0.385.